The summed E-state index contributed by atoms with van der Waals surface area (Å²) in [5.74, 6) is 1.38. The summed E-state index contributed by atoms with van der Waals surface area (Å²) in [5.41, 5.74) is 1.00. The summed E-state index contributed by atoms with van der Waals surface area (Å²) >= 11 is 0. The van der Waals surface area contributed by atoms with Gasteiger partial charge in [-0.25, -0.2) is 4.98 Å². The highest BCUT2D eigenvalue weighted by molar-refractivity contribution is 5.94. The highest BCUT2D eigenvalue weighted by Gasteiger charge is 2.16. The molecular formula is C14H17N5O. The average molecular weight is 271 g/mol. The largest absolute Gasteiger partial charge is 0.378 e. The number of imidazole rings is 1. The third-order valence-corrected chi connectivity index (χ3v) is 3.04. The topological polar surface area (TPSA) is 65.5 Å². The number of anilines is 1. The molecule has 6 heteroatoms. The van der Waals surface area contributed by atoms with Crippen LogP contribution in [0.3, 0.4) is 0 Å². The molecule has 1 aliphatic heterocycles. The summed E-state index contributed by atoms with van der Waals surface area (Å²) in [6.45, 7) is 3.07. The smallest absolute Gasteiger partial charge is 0.230 e. The summed E-state index contributed by atoms with van der Waals surface area (Å²) in [4.78, 5) is 13.9. The molecule has 0 unspecified atom stereocenters. The lowest BCUT2D eigenvalue weighted by Crippen LogP contribution is -2.44. The molecule has 1 aromatic carbocycles. The van der Waals surface area contributed by atoms with Crippen molar-refractivity contribution in [2.75, 3.05) is 31.6 Å². The van der Waals surface area contributed by atoms with Crippen LogP contribution in [0.25, 0.3) is 0 Å². The van der Waals surface area contributed by atoms with Crippen LogP contribution in [0.5, 0.6) is 0 Å². The normalized spacial score (nSPS) is 16.2. The van der Waals surface area contributed by atoms with Gasteiger partial charge in [0, 0.05) is 31.2 Å². The number of guanidine groups is 1. The molecule has 2 heterocycles. The van der Waals surface area contributed by atoms with Gasteiger partial charge in [-0.2, -0.15) is 4.99 Å². The molecule has 3 rings (SSSR count). The van der Waals surface area contributed by atoms with Gasteiger partial charge in [-0.3, -0.25) is 0 Å². The fourth-order valence-corrected chi connectivity index (χ4v) is 2.02. The van der Waals surface area contributed by atoms with Crippen LogP contribution < -0.4 is 5.32 Å². The number of hydrogen-bond acceptors (Lipinski definition) is 3. The Morgan fingerprint density at radius 2 is 2.05 bits per heavy atom. The maximum Gasteiger partial charge on any atom is 0.230 e. The minimum Gasteiger partial charge on any atom is -0.378 e. The Kier molecular flexibility index (Phi) is 3.93. The number of nitrogens with one attached hydrogen (secondary N) is 2. The van der Waals surface area contributed by atoms with Crippen molar-refractivity contribution in [3.63, 3.8) is 0 Å². The first-order valence-corrected chi connectivity index (χ1v) is 6.65. The van der Waals surface area contributed by atoms with Crippen LogP contribution in [0.1, 0.15) is 0 Å². The fraction of sp³-hybridized carbons (Fsp3) is 0.286. The van der Waals surface area contributed by atoms with Gasteiger partial charge in [0.1, 0.15) is 0 Å². The van der Waals surface area contributed by atoms with Gasteiger partial charge in [0.25, 0.3) is 0 Å². The summed E-state index contributed by atoms with van der Waals surface area (Å²) in [6.07, 6.45) is 3.45. The van der Waals surface area contributed by atoms with Crippen LogP contribution in [0.2, 0.25) is 0 Å². The quantitative estimate of drug-likeness (QED) is 0.646. The molecule has 1 fully saturated rings. The van der Waals surface area contributed by atoms with Crippen molar-refractivity contribution in [1.82, 2.24) is 14.9 Å². The Labute approximate surface area is 117 Å². The third-order valence-electron chi connectivity index (χ3n) is 3.04. The Bertz CT molecular complexity index is 546. The molecule has 0 amide bonds. The highest BCUT2D eigenvalue weighted by atomic mass is 16.5. The summed E-state index contributed by atoms with van der Waals surface area (Å²) in [6, 6.07) is 10.00. The zero-order valence-electron chi connectivity index (χ0n) is 11.1. The number of aliphatic imine (C=N–C) groups is 1. The van der Waals surface area contributed by atoms with E-state index in [0.717, 1.165) is 24.7 Å². The summed E-state index contributed by atoms with van der Waals surface area (Å²) in [7, 11) is 0. The monoisotopic (exact) mass is 271 g/mol. The molecule has 0 atom stereocenters. The van der Waals surface area contributed by atoms with Gasteiger partial charge in [0.05, 0.1) is 13.2 Å². The Morgan fingerprint density at radius 3 is 2.75 bits per heavy atom. The third kappa shape index (κ3) is 3.16. The van der Waals surface area contributed by atoms with E-state index in [0.29, 0.717) is 19.2 Å². The predicted octanol–water partition coefficient (Wildman–Crippen LogP) is 1.84. The molecule has 0 aliphatic carbocycles. The Balaban J connectivity index is 1.83. The van der Waals surface area contributed by atoms with Crippen molar-refractivity contribution >= 4 is 17.6 Å². The maximum atomic E-state index is 5.39. The second-order valence-corrected chi connectivity index (χ2v) is 4.44. The molecule has 0 spiro atoms. The number of ether oxygens (including phenoxy) is 1. The molecule has 2 N–H and O–H groups in total. The number of para-hydroxylation sites is 1. The molecule has 0 bridgehead atoms. The number of nitrogens with zero attached hydrogens (tertiary/aromatic N) is 3. The molecule has 0 saturated carbocycles. The van der Waals surface area contributed by atoms with Crippen molar-refractivity contribution in [2.45, 2.75) is 0 Å². The molecular weight excluding hydrogens is 254 g/mol. The number of hydrogen-bond donors (Lipinski definition) is 2. The van der Waals surface area contributed by atoms with Crippen LogP contribution >= 0.6 is 0 Å². The summed E-state index contributed by atoms with van der Waals surface area (Å²) < 4.78 is 5.39. The Morgan fingerprint density at radius 1 is 1.25 bits per heavy atom. The first-order chi connectivity index (χ1) is 9.92. The molecule has 104 valence electrons. The first-order valence-electron chi connectivity index (χ1n) is 6.65. The Hall–Kier alpha value is -2.34. The highest BCUT2D eigenvalue weighted by Crippen LogP contribution is 2.11. The molecule has 1 saturated heterocycles. The lowest BCUT2D eigenvalue weighted by atomic mass is 10.3. The maximum absolute atomic E-state index is 5.39. The van der Waals surface area contributed by atoms with E-state index in [-0.39, 0.29) is 0 Å². The zero-order chi connectivity index (χ0) is 13.6. The predicted molar refractivity (Wildman–Crippen MR) is 78.1 cm³/mol. The average Bonchev–Trinajstić information content (AvgIpc) is 3.02. The van der Waals surface area contributed by atoms with E-state index >= 15 is 0 Å². The molecule has 1 aromatic heterocycles. The first kappa shape index (κ1) is 12.7. The number of rotatable bonds is 2. The van der Waals surface area contributed by atoms with E-state index in [2.05, 4.69) is 25.2 Å². The van der Waals surface area contributed by atoms with Crippen molar-refractivity contribution in [3.8, 4) is 0 Å². The lowest BCUT2D eigenvalue weighted by molar-refractivity contribution is 0.0680. The van der Waals surface area contributed by atoms with Crippen molar-refractivity contribution in [3.05, 3.63) is 42.7 Å². The van der Waals surface area contributed by atoms with E-state index in [1.165, 1.54) is 0 Å². The van der Waals surface area contributed by atoms with Crippen LogP contribution in [-0.2, 0) is 4.74 Å². The van der Waals surface area contributed by atoms with Crippen LogP contribution in [0.4, 0.5) is 11.6 Å². The minimum absolute atomic E-state index is 0.593. The summed E-state index contributed by atoms with van der Waals surface area (Å²) in [5, 5.41) is 3.35. The number of aromatic nitrogens is 2. The van der Waals surface area contributed by atoms with Gasteiger partial charge < -0.3 is 19.9 Å². The fourth-order valence-electron chi connectivity index (χ4n) is 2.02. The van der Waals surface area contributed by atoms with Gasteiger partial charge in [0.2, 0.25) is 11.9 Å². The van der Waals surface area contributed by atoms with Crippen molar-refractivity contribution in [2.24, 2.45) is 4.99 Å². The van der Waals surface area contributed by atoms with Gasteiger partial charge in [-0.15, -0.1) is 0 Å². The van der Waals surface area contributed by atoms with E-state index in [1.54, 1.807) is 12.4 Å². The number of aromatic amines is 1. The molecule has 6 nitrogen and oxygen atoms in total. The number of morpholine rings is 1. The van der Waals surface area contributed by atoms with Crippen LogP contribution in [0.15, 0.2) is 47.7 Å². The van der Waals surface area contributed by atoms with Crippen LogP contribution in [0, 0.1) is 0 Å². The SMILES string of the molecule is c1ccc(N/C(=N/c2ncc[nH]2)N2CCOCC2)cc1. The lowest BCUT2D eigenvalue weighted by Gasteiger charge is -2.29. The molecule has 20 heavy (non-hydrogen) atoms. The van der Waals surface area contributed by atoms with Gasteiger partial charge >= 0.3 is 0 Å². The standard InChI is InChI=1S/C14H17N5O/c1-2-4-12(5-3-1)17-14(18-13-15-6-7-16-13)19-8-10-20-11-9-19/h1-7H,8-11H2,(H2,15,16,17,18). The molecule has 0 radical (unpaired) electrons. The second-order valence-electron chi connectivity index (χ2n) is 4.44. The van der Waals surface area contributed by atoms with Gasteiger partial charge in [-0.1, -0.05) is 18.2 Å². The number of benzene rings is 1. The van der Waals surface area contributed by atoms with Gasteiger partial charge in [-0.05, 0) is 12.1 Å². The van der Waals surface area contributed by atoms with E-state index in [9.17, 15) is 0 Å². The van der Waals surface area contributed by atoms with E-state index < -0.39 is 0 Å². The number of H-pyrrole nitrogens is 1. The molecule has 1 aliphatic rings. The van der Waals surface area contributed by atoms with E-state index in [4.69, 9.17) is 4.74 Å². The minimum atomic E-state index is 0.593. The van der Waals surface area contributed by atoms with Gasteiger partial charge in [0.15, 0.2) is 0 Å². The molecule has 2 aromatic rings. The second kappa shape index (κ2) is 6.21. The van der Waals surface area contributed by atoms with Crippen molar-refractivity contribution in [1.29, 1.82) is 0 Å². The van der Waals surface area contributed by atoms with Crippen molar-refractivity contribution < 1.29 is 4.74 Å². The zero-order valence-corrected chi connectivity index (χ0v) is 11.1. The van der Waals surface area contributed by atoms with Crippen LogP contribution in [-0.4, -0.2) is 47.1 Å². The van der Waals surface area contributed by atoms with E-state index in [1.807, 2.05) is 30.3 Å².